The summed E-state index contributed by atoms with van der Waals surface area (Å²) in [4.78, 5) is 24.7. The number of amides is 1. The van der Waals surface area contributed by atoms with Gasteiger partial charge in [-0.05, 0) is 29.3 Å². The minimum Gasteiger partial charge on any atom is -0.295 e. The van der Waals surface area contributed by atoms with E-state index < -0.39 is 5.91 Å². The second-order valence-corrected chi connectivity index (χ2v) is 8.64. The van der Waals surface area contributed by atoms with Crippen molar-refractivity contribution in [3.8, 4) is 0 Å². The Morgan fingerprint density at radius 2 is 1.77 bits per heavy atom. The quantitative estimate of drug-likeness (QED) is 0.338. The molecule has 7 nitrogen and oxygen atoms in total. The predicted molar refractivity (Wildman–Crippen MR) is 118 cm³/mol. The molecular formula is C21H16FN5O2S2. The smallest absolute Gasteiger partial charge is 0.277 e. The second-order valence-electron chi connectivity index (χ2n) is 6.44. The van der Waals surface area contributed by atoms with E-state index >= 15 is 0 Å². The molecule has 156 valence electrons. The number of hydrogen-bond acceptors (Lipinski definition) is 7. The first-order chi connectivity index (χ1) is 15.1. The maximum absolute atomic E-state index is 13.0. The monoisotopic (exact) mass is 453 g/mol. The van der Waals surface area contributed by atoms with Gasteiger partial charge in [0.1, 0.15) is 11.5 Å². The van der Waals surface area contributed by atoms with E-state index in [0.29, 0.717) is 15.2 Å². The number of rotatable bonds is 7. The average Bonchev–Trinajstić information content (AvgIpc) is 3.23. The Balaban J connectivity index is 1.40. The van der Waals surface area contributed by atoms with E-state index in [-0.39, 0.29) is 23.6 Å². The highest BCUT2D eigenvalue weighted by Gasteiger charge is 2.14. The number of halogens is 1. The van der Waals surface area contributed by atoms with Crippen molar-refractivity contribution in [2.45, 2.75) is 16.6 Å². The van der Waals surface area contributed by atoms with E-state index in [1.807, 2.05) is 30.3 Å². The van der Waals surface area contributed by atoms with E-state index in [9.17, 15) is 14.0 Å². The van der Waals surface area contributed by atoms with E-state index in [1.165, 1.54) is 52.0 Å². The number of carbonyl (C=O) groups is 1. The van der Waals surface area contributed by atoms with Crippen LogP contribution >= 0.6 is 23.1 Å². The lowest BCUT2D eigenvalue weighted by Gasteiger charge is -2.06. The fourth-order valence-corrected chi connectivity index (χ4v) is 4.35. The highest BCUT2D eigenvalue weighted by atomic mass is 32.2. The minimum absolute atomic E-state index is 0.103. The van der Waals surface area contributed by atoms with Crippen LogP contribution in [0.1, 0.15) is 21.6 Å². The van der Waals surface area contributed by atoms with Crippen molar-refractivity contribution in [2.75, 3.05) is 5.32 Å². The predicted octanol–water partition coefficient (Wildman–Crippen LogP) is 3.83. The molecule has 0 fully saturated rings. The Morgan fingerprint density at radius 1 is 1.00 bits per heavy atom. The Kier molecular flexibility index (Phi) is 6.48. The van der Waals surface area contributed by atoms with Crippen LogP contribution in [0.3, 0.4) is 0 Å². The SMILES string of the molecule is O=C(Nc1nnc(SCc2ccc(F)cc2)s1)c1ccc(=O)n(Cc2ccccc2)n1. The number of carbonyl (C=O) groups excluding carboxylic acids is 1. The first kappa shape index (κ1) is 20.9. The van der Waals surface area contributed by atoms with Crippen molar-refractivity contribution in [1.82, 2.24) is 20.0 Å². The van der Waals surface area contributed by atoms with Crippen LogP contribution in [0.2, 0.25) is 0 Å². The Bertz CT molecular complexity index is 1240. The third-order valence-corrected chi connectivity index (χ3v) is 6.22. The number of nitrogens with one attached hydrogen (secondary N) is 1. The van der Waals surface area contributed by atoms with Crippen LogP contribution < -0.4 is 10.9 Å². The summed E-state index contributed by atoms with van der Waals surface area (Å²) < 4.78 is 14.9. The lowest BCUT2D eigenvalue weighted by molar-refractivity contribution is 0.102. The Morgan fingerprint density at radius 3 is 2.55 bits per heavy atom. The number of aromatic nitrogens is 4. The molecule has 2 aromatic heterocycles. The average molecular weight is 454 g/mol. The van der Waals surface area contributed by atoms with Gasteiger partial charge in [0, 0.05) is 11.8 Å². The third-order valence-electron chi connectivity index (χ3n) is 4.18. The van der Waals surface area contributed by atoms with Crippen molar-refractivity contribution >= 4 is 34.1 Å². The zero-order valence-electron chi connectivity index (χ0n) is 16.1. The largest absolute Gasteiger partial charge is 0.295 e. The lowest BCUT2D eigenvalue weighted by atomic mass is 10.2. The Labute approximate surface area is 185 Å². The summed E-state index contributed by atoms with van der Waals surface area (Å²) in [5, 5.41) is 15.2. The van der Waals surface area contributed by atoms with Gasteiger partial charge in [-0.3, -0.25) is 14.9 Å². The summed E-state index contributed by atoms with van der Waals surface area (Å²) in [6.45, 7) is 0.268. The molecule has 10 heteroatoms. The zero-order chi connectivity index (χ0) is 21.6. The van der Waals surface area contributed by atoms with Gasteiger partial charge < -0.3 is 0 Å². The van der Waals surface area contributed by atoms with Gasteiger partial charge in [0.05, 0.1) is 6.54 Å². The van der Waals surface area contributed by atoms with Gasteiger partial charge >= 0.3 is 0 Å². The van der Waals surface area contributed by atoms with E-state index in [4.69, 9.17) is 0 Å². The Hall–Kier alpha value is -3.37. The van der Waals surface area contributed by atoms with Crippen molar-refractivity contribution in [2.24, 2.45) is 0 Å². The van der Waals surface area contributed by atoms with E-state index in [2.05, 4.69) is 20.6 Å². The van der Waals surface area contributed by atoms with Crippen LogP contribution in [-0.2, 0) is 12.3 Å². The first-order valence-corrected chi connectivity index (χ1v) is 11.0. The number of nitrogens with zero attached hydrogens (tertiary/aromatic N) is 4. The standard InChI is InChI=1S/C21H16FN5O2S2/c22-16-8-6-15(7-9-16)13-30-21-25-24-20(31-21)23-19(29)17-10-11-18(28)27(26-17)12-14-4-2-1-3-5-14/h1-11H,12-13H2,(H,23,24,29). The highest BCUT2D eigenvalue weighted by molar-refractivity contribution is 8.00. The molecule has 4 rings (SSSR count). The van der Waals surface area contributed by atoms with Crippen molar-refractivity contribution in [1.29, 1.82) is 0 Å². The second kappa shape index (κ2) is 9.63. The van der Waals surface area contributed by atoms with Crippen LogP contribution in [-0.4, -0.2) is 25.9 Å². The van der Waals surface area contributed by atoms with Crippen LogP contribution in [0, 0.1) is 5.82 Å². The summed E-state index contributed by atoms with van der Waals surface area (Å²) >= 11 is 2.67. The number of hydrogen-bond donors (Lipinski definition) is 1. The molecule has 2 aromatic carbocycles. The zero-order valence-corrected chi connectivity index (χ0v) is 17.7. The maximum atomic E-state index is 13.0. The summed E-state index contributed by atoms with van der Waals surface area (Å²) in [6.07, 6.45) is 0. The molecule has 0 radical (unpaired) electrons. The molecular weight excluding hydrogens is 437 g/mol. The number of thioether (sulfide) groups is 1. The van der Waals surface area contributed by atoms with Gasteiger partial charge in [0.15, 0.2) is 4.34 Å². The van der Waals surface area contributed by atoms with Gasteiger partial charge in [-0.25, -0.2) is 9.07 Å². The summed E-state index contributed by atoms with van der Waals surface area (Å²) in [5.74, 6) is -0.152. The molecule has 31 heavy (non-hydrogen) atoms. The van der Waals surface area contributed by atoms with Gasteiger partial charge in [0.2, 0.25) is 5.13 Å². The van der Waals surface area contributed by atoms with Crippen LogP contribution in [0.5, 0.6) is 0 Å². The normalized spacial score (nSPS) is 10.7. The molecule has 1 amide bonds. The molecule has 0 saturated heterocycles. The first-order valence-electron chi connectivity index (χ1n) is 9.21. The van der Waals surface area contributed by atoms with Crippen LogP contribution in [0.25, 0.3) is 0 Å². The highest BCUT2D eigenvalue weighted by Crippen LogP contribution is 2.28. The minimum atomic E-state index is -0.479. The third kappa shape index (κ3) is 5.62. The molecule has 0 aliphatic carbocycles. The molecule has 0 bridgehead atoms. The molecule has 0 atom stereocenters. The molecule has 0 unspecified atom stereocenters. The van der Waals surface area contributed by atoms with Gasteiger partial charge in [-0.2, -0.15) is 5.10 Å². The van der Waals surface area contributed by atoms with Crippen molar-refractivity contribution in [3.05, 3.63) is 99.7 Å². The molecule has 0 aliphatic rings. The molecule has 0 spiro atoms. The van der Waals surface area contributed by atoms with E-state index in [1.54, 1.807) is 12.1 Å². The summed E-state index contributed by atoms with van der Waals surface area (Å²) in [5.41, 5.74) is 1.67. The van der Waals surface area contributed by atoms with Crippen molar-refractivity contribution < 1.29 is 9.18 Å². The van der Waals surface area contributed by atoms with Gasteiger partial charge in [-0.1, -0.05) is 65.6 Å². The summed E-state index contributed by atoms with van der Waals surface area (Å²) in [6, 6.07) is 18.3. The van der Waals surface area contributed by atoms with E-state index in [0.717, 1.165) is 11.1 Å². The fraction of sp³-hybridized carbons (Fsp3) is 0.0952. The maximum Gasteiger partial charge on any atom is 0.277 e. The molecule has 0 aliphatic heterocycles. The number of benzene rings is 2. The van der Waals surface area contributed by atoms with Crippen molar-refractivity contribution in [3.63, 3.8) is 0 Å². The lowest BCUT2D eigenvalue weighted by Crippen LogP contribution is -2.26. The van der Waals surface area contributed by atoms with Crippen LogP contribution in [0.4, 0.5) is 9.52 Å². The summed E-state index contributed by atoms with van der Waals surface area (Å²) in [7, 11) is 0. The van der Waals surface area contributed by atoms with Gasteiger partial charge in [0.25, 0.3) is 11.5 Å². The molecule has 4 aromatic rings. The molecule has 1 N–H and O–H groups in total. The van der Waals surface area contributed by atoms with Gasteiger partial charge in [-0.15, -0.1) is 10.2 Å². The fourth-order valence-electron chi connectivity index (χ4n) is 2.65. The van der Waals surface area contributed by atoms with Crippen LogP contribution in [0.15, 0.2) is 75.9 Å². The molecule has 0 saturated carbocycles. The number of anilines is 1. The topological polar surface area (TPSA) is 89.8 Å². The molecule has 2 heterocycles.